The minimum Gasteiger partial charge on any atom is -0.481 e. The fraction of sp³-hybridized carbons (Fsp3) is 0.875. The highest BCUT2D eigenvalue weighted by molar-refractivity contribution is 5.77. The van der Waals surface area contributed by atoms with Gasteiger partial charge in [-0.2, -0.15) is 0 Å². The number of urea groups is 1. The highest BCUT2D eigenvalue weighted by Crippen LogP contribution is 2.31. The molecule has 0 aromatic rings. The van der Waals surface area contributed by atoms with E-state index in [2.05, 4.69) is 12.2 Å². The van der Waals surface area contributed by atoms with Crippen molar-refractivity contribution in [1.29, 1.82) is 0 Å². The summed E-state index contributed by atoms with van der Waals surface area (Å²) in [6.07, 6.45) is 9.19. The Balaban J connectivity index is 2.04. The molecule has 0 aromatic heterocycles. The number of hydrogen-bond acceptors (Lipinski definition) is 2. The third-order valence-corrected chi connectivity index (χ3v) is 4.99. The average molecular weight is 296 g/mol. The highest BCUT2D eigenvalue weighted by Gasteiger charge is 2.37. The van der Waals surface area contributed by atoms with Crippen LogP contribution in [0.1, 0.15) is 71.1 Å². The Hall–Kier alpha value is -1.26. The SMILES string of the molecule is CC1CCCCCN1C(=O)NC1(CC(=O)O)CCCCC1. The molecule has 1 saturated carbocycles. The number of carboxylic acid groups (broad SMARTS) is 1. The van der Waals surface area contributed by atoms with Crippen molar-refractivity contribution in [3.63, 3.8) is 0 Å². The molecule has 1 saturated heterocycles. The first kappa shape index (κ1) is 16.1. The minimum atomic E-state index is -0.818. The van der Waals surface area contributed by atoms with E-state index in [1.54, 1.807) is 0 Å². The lowest BCUT2D eigenvalue weighted by Crippen LogP contribution is -2.56. The van der Waals surface area contributed by atoms with Gasteiger partial charge in [0.25, 0.3) is 0 Å². The summed E-state index contributed by atoms with van der Waals surface area (Å²) < 4.78 is 0. The van der Waals surface area contributed by atoms with Gasteiger partial charge in [0.2, 0.25) is 0 Å². The number of nitrogens with zero attached hydrogens (tertiary/aromatic N) is 1. The Labute approximate surface area is 127 Å². The predicted molar refractivity (Wildman–Crippen MR) is 81.2 cm³/mol. The van der Waals surface area contributed by atoms with Crippen LogP contribution in [-0.2, 0) is 4.79 Å². The largest absolute Gasteiger partial charge is 0.481 e. The van der Waals surface area contributed by atoms with Crippen LogP contribution in [0.25, 0.3) is 0 Å². The molecule has 2 amide bonds. The normalized spacial score (nSPS) is 26.0. The number of amides is 2. The first-order valence-electron chi connectivity index (χ1n) is 8.33. The quantitative estimate of drug-likeness (QED) is 0.840. The fourth-order valence-electron chi connectivity index (χ4n) is 3.74. The number of aliphatic carboxylic acids is 1. The zero-order chi connectivity index (χ0) is 15.3. The molecule has 2 rings (SSSR count). The van der Waals surface area contributed by atoms with E-state index in [0.29, 0.717) is 0 Å². The van der Waals surface area contributed by atoms with Crippen molar-refractivity contribution >= 4 is 12.0 Å². The number of carboxylic acids is 1. The van der Waals surface area contributed by atoms with E-state index in [0.717, 1.165) is 51.5 Å². The Kier molecular flexibility index (Phi) is 5.48. The van der Waals surface area contributed by atoms with E-state index in [9.17, 15) is 14.7 Å². The van der Waals surface area contributed by atoms with Crippen molar-refractivity contribution in [2.24, 2.45) is 0 Å². The molecule has 0 radical (unpaired) electrons. The zero-order valence-electron chi connectivity index (χ0n) is 13.1. The van der Waals surface area contributed by atoms with Gasteiger partial charge >= 0.3 is 12.0 Å². The van der Waals surface area contributed by atoms with Crippen molar-refractivity contribution in [2.45, 2.75) is 82.7 Å². The van der Waals surface area contributed by atoms with Crippen LogP contribution in [0.5, 0.6) is 0 Å². The van der Waals surface area contributed by atoms with Crippen LogP contribution in [0.2, 0.25) is 0 Å². The summed E-state index contributed by atoms with van der Waals surface area (Å²) in [4.78, 5) is 25.7. The number of likely N-dealkylation sites (tertiary alicyclic amines) is 1. The lowest BCUT2D eigenvalue weighted by Gasteiger charge is -2.39. The van der Waals surface area contributed by atoms with Gasteiger partial charge in [-0.1, -0.05) is 32.1 Å². The number of hydrogen-bond donors (Lipinski definition) is 2. The summed E-state index contributed by atoms with van der Waals surface area (Å²) >= 11 is 0. The number of carbonyl (C=O) groups excluding carboxylic acids is 1. The molecule has 0 aromatic carbocycles. The van der Waals surface area contributed by atoms with Crippen molar-refractivity contribution in [3.05, 3.63) is 0 Å². The molecule has 2 fully saturated rings. The molecular formula is C16H28N2O3. The molecule has 5 nitrogen and oxygen atoms in total. The van der Waals surface area contributed by atoms with Gasteiger partial charge in [0.1, 0.15) is 0 Å². The van der Waals surface area contributed by atoms with Crippen LogP contribution in [0.4, 0.5) is 4.79 Å². The van der Waals surface area contributed by atoms with Crippen molar-refractivity contribution in [1.82, 2.24) is 10.2 Å². The number of carbonyl (C=O) groups is 2. The molecule has 0 spiro atoms. The van der Waals surface area contributed by atoms with Gasteiger partial charge in [-0.3, -0.25) is 4.79 Å². The van der Waals surface area contributed by atoms with Crippen LogP contribution >= 0.6 is 0 Å². The zero-order valence-corrected chi connectivity index (χ0v) is 13.1. The molecule has 21 heavy (non-hydrogen) atoms. The second-order valence-corrected chi connectivity index (χ2v) is 6.73. The summed E-state index contributed by atoms with van der Waals surface area (Å²) in [5, 5.41) is 12.3. The molecule has 0 bridgehead atoms. The predicted octanol–water partition coefficient (Wildman–Crippen LogP) is 3.14. The Morgan fingerprint density at radius 2 is 1.81 bits per heavy atom. The first-order chi connectivity index (χ1) is 10.0. The van der Waals surface area contributed by atoms with Gasteiger partial charge in [0, 0.05) is 12.6 Å². The smallest absolute Gasteiger partial charge is 0.318 e. The Morgan fingerprint density at radius 3 is 2.48 bits per heavy atom. The second kappa shape index (κ2) is 7.14. The van der Waals surface area contributed by atoms with E-state index >= 15 is 0 Å². The highest BCUT2D eigenvalue weighted by atomic mass is 16.4. The molecule has 1 atom stereocenters. The Morgan fingerprint density at radius 1 is 1.14 bits per heavy atom. The Bertz CT molecular complexity index is 378. The molecule has 120 valence electrons. The standard InChI is InChI=1S/C16H28N2O3/c1-13-8-4-2-7-11-18(13)15(21)17-16(12-14(19)20)9-5-3-6-10-16/h13H,2-12H2,1H3,(H,17,21)(H,19,20). The van der Waals surface area contributed by atoms with Gasteiger partial charge in [0.05, 0.1) is 12.0 Å². The molecule has 2 aliphatic rings. The summed E-state index contributed by atoms with van der Waals surface area (Å²) in [6, 6.07) is 0.186. The topological polar surface area (TPSA) is 69.6 Å². The van der Waals surface area contributed by atoms with Gasteiger partial charge in [-0.25, -0.2) is 4.79 Å². The summed E-state index contributed by atoms with van der Waals surface area (Å²) in [5.74, 6) is -0.818. The molecule has 1 heterocycles. The van der Waals surface area contributed by atoms with Gasteiger partial charge in [-0.05, 0) is 32.6 Å². The van der Waals surface area contributed by atoms with E-state index in [4.69, 9.17) is 0 Å². The molecular weight excluding hydrogens is 268 g/mol. The number of nitrogens with one attached hydrogen (secondary N) is 1. The lowest BCUT2D eigenvalue weighted by atomic mass is 9.79. The maximum atomic E-state index is 12.6. The molecule has 1 unspecified atom stereocenters. The van der Waals surface area contributed by atoms with Gasteiger partial charge < -0.3 is 15.3 Å². The lowest BCUT2D eigenvalue weighted by molar-refractivity contribution is -0.139. The summed E-state index contributed by atoms with van der Waals surface area (Å²) in [6.45, 7) is 2.88. The van der Waals surface area contributed by atoms with Crippen LogP contribution in [0.15, 0.2) is 0 Å². The second-order valence-electron chi connectivity index (χ2n) is 6.73. The van der Waals surface area contributed by atoms with Gasteiger partial charge in [0.15, 0.2) is 0 Å². The molecule has 1 aliphatic carbocycles. The van der Waals surface area contributed by atoms with E-state index < -0.39 is 11.5 Å². The molecule has 1 aliphatic heterocycles. The monoisotopic (exact) mass is 296 g/mol. The third-order valence-electron chi connectivity index (χ3n) is 4.99. The molecule has 2 N–H and O–H groups in total. The van der Waals surface area contributed by atoms with Crippen molar-refractivity contribution in [3.8, 4) is 0 Å². The number of rotatable bonds is 3. The van der Waals surface area contributed by atoms with Crippen LogP contribution in [0.3, 0.4) is 0 Å². The van der Waals surface area contributed by atoms with Crippen molar-refractivity contribution in [2.75, 3.05) is 6.54 Å². The summed E-state index contributed by atoms with van der Waals surface area (Å²) in [5.41, 5.74) is -0.535. The van der Waals surface area contributed by atoms with Gasteiger partial charge in [-0.15, -0.1) is 0 Å². The van der Waals surface area contributed by atoms with E-state index in [1.165, 1.54) is 12.8 Å². The van der Waals surface area contributed by atoms with Crippen molar-refractivity contribution < 1.29 is 14.7 Å². The maximum Gasteiger partial charge on any atom is 0.318 e. The van der Waals surface area contributed by atoms with Crippen LogP contribution in [-0.4, -0.2) is 40.1 Å². The van der Waals surface area contributed by atoms with Crippen LogP contribution in [0, 0.1) is 0 Å². The maximum absolute atomic E-state index is 12.6. The fourth-order valence-corrected chi connectivity index (χ4v) is 3.74. The van der Waals surface area contributed by atoms with Crippen LogP contribution < -0.4 is 5.32 Å². The first-order valence-corrected chi connectivity index (χ1v) is 8.33. The summed E-state index contributed by atoms with van der Waals surface area (Å²) in [7, 11) is 0. The van der Waals surface area contributed by atoms with E-state index in [-0.39, 0.29) is 18.5 Å². The average Bonchev–Trinajstić information content (AvgIpc) is 2.63. The third kappa shape index (κ3) is 4.35. The molecule has 5 heteroatoms. The minimum absolute atomic E-state index is 0.0426. The van der Waals surface area contributed by atoms with E-state index in [1.807, 2.05) is 4.90 Å².